The fourth-order valence-electron chi connectivity index (χ4n) is 0. The zero-order chi connectivity index (χ0) is 4.00. The molecule has 0 rings (SSSR count). The van der Waals surface area contributed by atoms with Gasteiger partial charge in [-0.1, -0.05) is 0 Å². The Bertz CT molecular complexity index is 19.2. The Morgan fingerprint density at radius 1 is 1.50 bits per heavy atom. The van der Waals surface area contributed by atoms with Gasteiger partial charge in [0.15, 0.2) is 0 Å². The van der Waals surface area contributed by atoms with E-state index in [-0.39, 0.29) is 26.1 Å². The van der Waals surface area contributed by atoms with Crippen molar-refractivity contribution in [3.05, 3.63) is 0 Å². The van der Waals surface area contributed by atoms with Gasteiger partial charge in [0.25, 0.3) is 0 Å². The fraction of sp³-hybridized carbons (Fsp3) is 0. The molecule has 0 amide bonds. The molecule has 0 bridgehead atoms. The number of nitriles is 1. The monoisotopic (exact) mass is 245 g/mol. The topological polar surface area (TPSA) is 40.9 Å². The number of hydrogen-bond acceptors (Lipinski definition) is 2. The van der Waals surface area contributed by atoms with Crippen molar-refractivity contribution in [1.29, 1.82) is 5.26 Å². The summed E-state index contributed by atoms with van der Waals surface area (Å²) in [4.78, 5) is 0. The Morgan fingerprint density at radius 2 is 1.50 bits per heavy atom. The molecule has 0 saturated heterocycles. The van der Waals surface area contributed by atoms with Crippen LogP contribution in [0.15, 0.2) is 0 Å². The molecule has 0 N–H and O–H groups in total. The predicted molar refractivity (Wildman–Crippen MR) is 7.36 cm³/mol. The standard InChI is InChI=1S/CHN.Hg.O/c1-2;;/h1H;;. The zero-order valence-corrected chi connectivity index (χ0v) is 7.64. The molecule has 0 aromatic heterocycles. The Morgan fingerprint density at radius 3 is 1.50 bits per heavy atom. The van der Waals surface area contributed by atoms with E-state index in [2.05, 4.69) is 6.57 Å². The number of rotatable bonds is 0. The number of hydrogen-bond donors (Lipinski definition) is 0. The minimum atomic E-state index is -0.222. The molecule has 0 aromatic carbocycles. The SMILES string of the molecule is C#N.[O]=[Hg]. The van der Waals surface area contributed by atoms with Crippen LogP contribution in [0.5, 0.6) is 0 Å². The molecule has 0 saturated carbocycles. The minimum absolute atomic E-state index is 0.222. The number of nitrogens with zero attached hydrogens (tertiary/aromatic N) is 1. The van der Waals surface area contributed by atoms with Crippen LogP contribution in [0.25, 0.3) is 0 Å². The fourth-order valence-corrected chi connectivity index (χ4v) is 0. The second kappa shape index (κ2) is 315. The Kier molecular flexibility index (Phi) is 699. The molecule has 0 spiro atoms. The van der Waals surface area contributed by atoms with E-state index in [0.717, 1.165) is 0 Å². The van der Waals surface area contributed by atoms with E-state index in [4.69, 9.17) is 7.90 Å². The summed E-state index contributed by atoms with van der Waals surface area (Å²) in [7, 11) is 0. The van der Waals surface area contributed by atoms with Crippen molar-refractivity contribution in [1.82, 2.24) is 0 Å². The van der Waals surface area contributed by atoms with Gasteiger partial charge < -0.3 is 0 Å². The van der Waals surface area contributed by atoms with Gasteiger partial charge in [0.1, 0.15) is 0 Å². The summed E-state index contributed by atoms with van der Waals surface area (Å²) in [5.41, 5.74) is 0. The molecular formula is CHHgNO. The van der Waals surface area contributed by atoms with Crippen molar-refractivity contribution in [3.8, 4) is 6.57 Å². The van der Waals surface area contributed by atoms with Gasteiger partial charge in [0.05, 0.1) is 0 Å². The normalized spacial score (nSPS) is 2.00. The van der Waals surface area contributed by atoms with Gasteiger partial charge >= 0.3 is 28.8 Å². The van der Waals surface area contributed by atoms with Crippen molar-refractivity contribution in [3.63, 3.8) is 0 Å². The molecule has 2 nitrogen and oxygen atoms in total. The first-order valence-electron chi connectivity index (χ1n) is 0.547. The van der Waals surface area contributed by atoms with E-state index < -0.39 is 0 Å². The molecule has 0 aliphatic heterocycles. The van der Waals surface area contributed by atoms with Gasteiger partial charge in [0.2, 0.25) is 0 Å². The molecule has 0 aliphatic carbocycles. The second-order valence-corrected chi connectivity index (χ2v) is 0. The Hall–Kier alpha value is 0.225. The average Bonchev–Trinajstić information content (AvgIpc) is 1.50. The van der Waals surface area contributed by atoms with E-state index in [1.165, 1.54) is 0 Å². The van der Waals surface area contributed by atoms with E-state index in [9.17, 15) is 0 Å². The zero-order valence-electron chi connectivity index (χ0n) is 2.14. The van der Waals surface area contributed by atoms with Crippen LogP contribution in [0.4, 0.5) is 0 Å². The van der Waals surface area contributed by atoms with Gasteiger partial charge in [-0.15, -0.1) is 0 Å². The first kappa shape index (κ1) is 8.88. The molecule has 0 aromatic rings. The summed E-state index contributed by atoms with van der Waals surface area (Å²) in [6.07, 6.45) is 0. The van der Waals surface area contributed by atoms with Gasteiger partial charge in [0, 0.05) is 6.57 Å². The van der Waals surface area contributed by atoms with Crippen molar-refractivity contribution < 1.29 is 28.8 Å². The quantitative estimate of drug-likeness (QED) is 0.563. The molecule has 0 atom stereocenters. The first-order chi connectivity index (χ1) is 2.00. The molecular weight excluding hydrogens is 243 g/mol. The van der Waals surface area contributed by atoms with Gasteiger partial charge in [-0.05, 0) is 0 Å². The van der Waals surface area contributed by atoms with Gasteiger partial charge in [-0.25, -0.2) is 5.26 Å². The van der Waals surface area contributed by atoms with Crippen LogP contribution in [-0.4, -0.2) is 0 Å². The third-order valence-electron chi connectivity index (χ3n) is 0. The van der Waals surface area contributed by atoms with E-state index in [0.29, 0.717) is 0 Å². The summed E-state index contributed by atoms with van der Waals surface area (Å²) >= 11 is -0.222. The average molecular weight is 244 g/mol. The second-order valence-electron chi connectivity index (χ2n) is 0. The molecule has 0 unspecified atom stereocenters. The molecule has 0 radical (unpaired) electrons. The molecule has 18 valence electrons. The van der Waals surface area contributed by atoms with E-state index >= 15 is 0 Å². The van der Waals surface area contributed by atoms with E-state index in [1.807, 2.05) is 0 Å². The van der Waals surface area contributed by atoms with Crippen LogP contribution in [0, 0.1) is 11.8 Å². The van der Waals surface area contributed by atoms with Crippen molar-refractivity contribution in [2.24, 2.45) is 0 Å². The Labute approximate surface area is 40.9 Å². The maximum atomic E-state index is 8.44. The summed E-state index contributed by atoms with van der Waals surface area (Å²) < 4.78 is 8.44. The first-order valence-corrected chi connectivity index (χ1v) is 2.79. The maximum absolute atomic E-state index is 8.44. The van der Waals surface area contributed by atoms with Crippen LogP contribution in [-0.2, 0) is 28.8 Å². The Balaban J connectivity index is 0. The van der Waals surface area contributed by atoms with E-state index in [1.54, 1.807) is 0 Å². The van der Waals surface area contributed by atoms with Crippen molar-refractivity contribution >= 4 is 0 Å². The van der Waals surface area contributed by atoms with Crippen LogP contribution in [0.2, 0.25) is 0 Å². The van der Waals surface area contributed by atoms with Crippen LogP contribution >= 0.6 is 0 Å². The summed E-state index contributed by atoms with van der Waals surface area (Å²) in [5.74, 6) is 0. The summed E-state index contributed by atoms with van der Waals surface area (Å²) in [6.45, 7) is 3.50. The van der Waals surface area contributed by atoms with Crippen LogP contribution in [0.1, 0.15) is 0 Å². The summed E-state index contributed by atoms with van der Waals surface area (Å²) in [5, 5.41) is 6.50. The van der Waals surface area contributed by atoms with Crippen molar-refractivity contribution in [2.75, 3.05) is 0 Å². The molecule has 4 heavy (non-hydrogen) atoms. The summed E-state index contributed by atoms with van der Waals surface area (Å²) in [6, 6.07) is 0. The van der Waals surface area contributed by atoms with Crippen LogP contribution in [0.3, 0.4) is 0 Å². The predicted octanol–water partition coefficient (Wildman–Crippen LogP) is 0.0185. The van der Waals surface area contributed by atoms with Gasteiger partial charge in [-0.2, -0.15) is 0 Å². The molecule has 0 heterocycles. The van der Waals surface area contributed by atoms with Gasteiger partial charge in [-0.3, -0.25) is 0 Å². The molecule has 3 heteroatoms. The molecule has 0 aliphatic rings. The van der Waals surface area contributed by atoms with Crippen molar-refractivity contribution in [2.45, 2.75) is 0 Å². The third kappa shape index (κ3) is 65.9. The molecule has 0 fully saturated rings. The van der Waals surface area contributed by atoms with Crippen LogP contribution < -0.4 is 0 Å². The third-order valence-corrected chi connectivity index (χ3v) is 0.